The summed E-state index contributed by atoms with van der Waals surface area (Å²) in [7, 11) is 1.67. The van der Waals surface area contributed by atoms with Gasteiger partial charge in [0.05, 0.1) is 12.3 Å². The molecule has 0 aromatic carbocycles. The zero-order chi connectivity index (χ0) is 11.3. The van der Waals surface area contributed by atoms with Crippen molar-refractivity contribution in [3.63, 3.8) is 0 Å². The van der Waals surface area contributed by atoms with Crippen LogP contribution in [0.4, 0.5) is 0 Å². The Balaban J connectivity index is 2.68. The first-order valence-electron chi connectivity index (χ1n) is 5.19. The SMILES string of the molecule is CCn1nc(C)cc1CC(COC)NN. The first kappa shape index (κ1) is 12.2. The molecule has 0 spiro atoms. The van der Waals surface area contributed by atoms with E-state index in [9.17, 15) is 0 Å². The van der Waals surface area contributed by atoms with Crippen LogP contribution < -0.4 is 11.3 Å². The standard InChI is InChI=1S/C10H20N4O/c1-4-14-10(5-8(2)13-14)6-9(12-11)7-15-3/h5,9,12H,4,6-7,11H2,1-3H3. The highest BCUT2D eigenvalue weighted by Gasteiger charge is 2.11. The topological polar surface area (TPSA) is 65.1 Å². The molecule has 5 heteroatoms. The molecule has 0 aliphatic carbocycles. The van der Waals surface area contributed by atoms with E-state index in [1.807, 2.05) is 11.6 Å². The van der Waals surface area contributed by atoms with Crippen LogP contribution in [0.25, 0.3) is 0 Å². The van der Waals surface area contributed by atoms with Gasteiger partial charge in [-0.1, -0.05) is 0 Å². The second-order valence-corrected chi connectivity index (χ2v) is 3.62. The van der Waals surface area contributed by atoms with Crippen LogP contribution >= 0.6 is 0 Å². The van der Waals surface area contributed by atoms with Gasteiger partial charge in [-0.2, -0.15) is 5.10 Å². The molecular formula is C10H20N4O. The summed E-state index contributed by atoms with van der Waals surface area (Å²) in [5.41, 5.74) is 4.98. The highest BCUT2D eigenvalue weighted by molar-refractivity contribution is 5.10. The minimum absolute atomic E-state index is 0.136. The average molecular weight is 212 g/mol. The zero-order valence-electron chi connectivity index (χ0n) is 9.66. The van der Waals surface area contributed by atoms with Crippen molar-refractivity contribution in [2.24, 2.45) is 5.84 Å². The predicted molar refractivity (Wildman–Crippen MR) is 59.3 cm³/mol. The van der Waals surface area contributed by atoms with Crippen molar-refractivity contribution in [1.29, 1.82) is 0 Å². The molecule has 1 heterocycles. The van der Waals surface area contributed by atoms with E-state index in [-0.39, 0.29) is 6.04 Å². The van der Waals surface area contributed by atoms with E-state index in [1.165, 1.54) is 5.69 Å². The monoisotopic (exact) mass is 212 g/mol. The molecular weight excluding hydrogens is 192 g/mol. The van der Waals surface area contributed by atoms with E-state index in [0.717, 1.165) is 18.7 Å². The molecule has 1 aromatic heterocycles. The van der Waals surface area contributed by atoms with Gasteiger partial charge in [0.2, 0.25) is 0 Å². The summed E-state index contributed by atoms with van der Waals surface area (Å²) in [5.74, 6) is 5.45. The van der Waals surface area contributed by atoms with E-state index < -0.39 is 0 Å². The molecule has 3 N–H and O–H groups in total. The Morgan fingerprint density at radius 1 is 1.67 bits per heavy atom. The van der Waals surface area contributed by atoms with Gasteiger partial charge >= 0.3 is 0 Å². The maximum atomic E-state index is 5.45. The van der Waals surface area contributed by atoms with Gasteiger partial charge in [0, 0.05) is 31.8 Å². The van der Waals surface area contributed by atoms with Crippen molar-refractivity contribution in [2.45, 2.75) is 32.9 Å². The summed E-state index contributed by atoms with van der Waals surface area (Å²) in [6.45, 7) is 5.56. The van der Waals surface area contributed by atoms with E-state index >= 15 is 0 Å². The largest absolute Gasteiger partial charge is 0.383 e. The molecule has 0 aliphatic heterocycles. The number of ether oxygens (including phenoxy) is 1. The lowest BCUT2D eigenvalue weighted by atomic mass is 10.1. The molecule has 1 unspecified atom stereocenters. The van der Waals surface area contributed by atoms with Crippen molar-refractivity contribution >= 4 is 0 Å². The highest BCUT2D eigenvalue weighted by atomic mass is 16.5. The summed E-state index contributed by atoms with van der Waals surface area (Å²) in [4.78, 5) is 0. The van der Waals surface area contributed by atoms with Crippen LogP contribution in [0.1, 0.15) is 18.3 Å². The molecule has 0 aliphatic rings. The van der Waals surface area contributed by atoms with Gasteiger partial charge in [-0.05, 0) is 19.9 Å². The number of aromatic nitrogens is 2. The van der Waals surface area contributed by atoms with Crippen molar-refractivity contribution in [2.75, 3.05) is 13.7 Å². The number of hydrazine groups is 1. The maximum Gasteiger partial charge on any atom is 0.0633 e. The number of rotatable bonds is 6. The number of nitrogens with two attached hydrogens (primary N) is 1. The Kier molecular flexibility index (Phi) is 4.74. The summed E-state index contributed by atoms with van der Waals surface area (Å²) >= 11 is 0. The van der Waals surface area contributed by atoms with Gasteiger partial charge in [-0.3, -0.25) is 16.0 Å². The highest BCUT2D eigenvalue weighted by Crippen LogP contribution is 2.06. The Labute approximate surface area is 90.6 Å². The van der Waals surface area contributed by atoms with Crippen molar-refractivity contribution in [3.8, 4) is 0 Å². The number of hydrogen-bond donors (Lipinski definition) is 2. The molecule has 5 nitrogen and oxygen atoms in total. The Hall–Kier alpha value is -0.910. The molecule has 0 radical (unpaired) electrons. The zero-order valence-corrected chi connectivity index (χ0v) is 9.66. The number of methoxy groups -OCH3 is 1. The van der Waals surface area contributed by atoms with Crippen molar-refractivity contribution < 1.29 is 4.74 Å². The van der Waals surface area contributed by atoms with Crippen LogP contribution in [0.15, 0.2) is 6.07 Å². The Morgan fingerprint density at radius 3 is 2.93 bits per heavy atom. The normalized spacial score (nSPS) is 13.1. The van der Waals surface area contributed by atoms with Crippen LogP contribution in [-0.4, -0.2) is 29.5 Å². The van der Waals surface area contributed by atoms with E-state index in [4.69, 9.17) is 10.6 Å². The molecule has 0 bridgehead atoms. The van der Waals surface area contributed by atoms with Crippen molar-refractivity contribution in [1.82, 2.24) is 15.2 Å². The van der Waals surface area contributed by atoms with E-state index in [0.29, 0.717) is 6.61 Å². The van der Waals surface area contributed by atoms with Gasteiger partial charge in [0.1, 0.15) is 0 Å². The van der Waals surface area contributed by atoms with Crippen LogP contribution in [-0.2, 0) is 17.7 Å². The lowest BCUT2D eigenvalue weighted by molar-refractivity contribution is 0.165. The smallest absolute Gasteiger partial charge is 0.0633 e. The number of hydrogen-bond acceptors (Lipinski definition) is 4. The second kappa shape index (κ2) is 5.85. The van der Waals surface area contributed by atoms with Crippen LogP contribution in [0, 0.1) is 6.92 Å². The molecule has 0 fully saturated rings. The molecule has 86 valence electrons. The van der Waals surface area contributed by atoms with E-state index in [1.54, 1.807) is 7.11 Å². The lowest BCUT2D eigenvalue weighted by Gasteiger charge is -2.15. The minimum atomic E-state index is 0.136. The molecule has 15 heavy (non-hydrogen) atoms. The summed E-state index contributed by atoms with van der Waals surface area (Å²) in [5, 5.41) is 4.38. The number of aryl methyl sites for hydroxylation is 2. The first-order valence-corrected chi connectivity index (χ1v) is 5.19. The molecule has 0 saturated heterocycles. The van der Waals surface area contributed by atoms with Gasteiger partial charge in [-0.25, -0.2) is 0 Å². The molecule has 0 amide bonds. The lowest BCUT2D eigenvalue weighted by Crippen LogP contribution is -2.40. The van der Waals surface area contributed by atoms with Gasteiger partial charge in [0.25, 0.3) is 0 Å². The third-order valence-electron chi connectivity index (χ3n) is 2.34. The van der Waals surface area contributed by atoms with Gasteiger partial charge < -0.3 is 4.74 Å². The molecule has 1 rings (SSSR count). The van der Waals surface area contributed by atoms with E-state index in [2.05, 4.69) is 23.5 Å². The second-order valence-electron chi connectivity index (χ2n) is 3.62. The fourth-order valence-electron chi connectivity index (χ4n) is 1.66. The Morgan fingerprint density at radius 2 is 2.40 bits per heavy atom. The fourth-order valence-corrected chi connectivity index (χ4v) is 1.66. The number of nitrogens with one attached hydrogen (secondary N) is 1. The summed E-state index contributed by atoms with van der Waals surface area (Å²) in [6, 6.07) is 2.22. The summed E-state index contributed by atoms with van der Waals surface area (Å²) < 4.78 is 7.07. The third-order valence-corrected chi connectivity index (χ3v) is 2.34. The van der Waals surface area contributed by atoms with Crippen LogP contribution in [0.3, 0.4) is 0 Å². The summed E-state index contributed by atoms with van der Waals surface area (Å²) in [6.07, 6.45) is 0.832. The maximum absolute atomic E-state index is 5.45. The Bertz CT molecular complexity index is 298. The quantitative estimate of drug-likeness (QED) is 0.523. The molecule has 0 saturated carbocycles. The van der Waals surface area contributed by atoms with Gasteiger partial charge in [0.15, 0.2) is 0 Å². The average Bonchev–Trinajstić information content (AvgIpc) is 2.58. The number of nitrogens with zero attached hydrogens (tertiary/aromatic N) is 2. The molecule has 1 aromatic rings. The van der Waals surface area contributed by atoms with Crippen LogP contribution in [0.2, 0.25) is 0 Å². The minimum Gasteiger partial charge on any atom is -0.383 e. The van der Waals surface area contributed by atoms with Gasteiger partial charge in [-0.15, -0.1) is 0 Å². The third kappa shape index (κ3) is 3.30. The first-order chi connectivity index (χ1) is 7.21. The van der Waals surface area contributed by atoms with Crippen molar-refractivity contribution in [3.05, 3.63) is 17.5 Å². The van der Waals surface area contributed by atoms with Crippen LogP contribution in [0.5, 0.6) is 0 Å². The fraction of sp³-hybridized carbons (Fsp3) is 0.700. The predicted octanol–water partition coefficient (Wildman–Crippen LogP) is 0.232. The molecule has 1 atom stereocenters.